The van der Waals surface area contributed by atoms with Crippen LogP contribution in [0.15, 0.2) is 72.9 Å². The minimum atomic E-state index is -4.40. The topological polar surface area (TPSA) is 155 Å². The Balaban J connectivity index is 4.25. The number of phosphoric ester groups is 1. The monoisotopic (exact) mass is 836 g/mol. The lowest BCUT2D eigenvalue weighted by molar-refractivity contribution is -0.161. The van der Waals surface area contributed by atoms with Crippen LogP contribution in [0, 0.1) is 0 Å². The predicted molar refractivity (Wildman–Crippen MR) is 239 cm³/mol. The molecule has 0 aliphatic carbocycles. The Bertz CT molecular complexity index is 1200. The molecule has 3 atom stereocenters. The van der Waals surface area contributed by atoms with Crippen molar-refractivity contribution in [2.45, 2.75) is 187 Å². The first-order valence-electron chi connectivity index (χ1n) is 22.5. The second-order valence-corrected chi connectivity index (χ2v) is 16.2. The van der Waals surface area contributed by atoms with E-state index >= 15 is 0 Å². The highest BCUT2D eigenvalue weighted by Gasteiger charge is 2.26. The van der Waals surface area contributed by atoms with Gasteiger partial charge in [-0.25, -0.2) is 4.57 Å². The summed E-state index contributed by atoms with van der Waals surface area (Å²) < 4.78 is 32.7. The highest BCUT2D eigenvalue weighted by atomic mass is 31.2. The molecule has 0 spiro atoms. The summed E-state index contributed by atoms with van der Waals surface area (Å²) in [6.07, 6.45) is 48.5. The number of ether oxygens (including phenoxy) is 2. The van der Waals surface area contributed by atoms with Gasteiger partial charge >= 0.3 is 19.8 Å². The van der Waals surface area contributed by atoms with Gasteiger partial charge in [0.05, 0.1) is 19.3 Å². The molecule has 2 unspecified atom stereocenters. The summed E-state index contributed by atoms with van der Waals surface area (Å²) in [5.74, 6) is -0.924. The first-order valence-corrected chi connectivity index (χ1v) is 24.0. The predicted octanol–water partition coefficient (Wildman–Crippen LogP) is 12.0. The lowest BCUT2D eigenvalue weighted by Gasteiger charge is -2.19. The van der Waals surface area contributed by atoms with E-state index in [-0.39, 0.29) is 38.7 Å². The van der Waals surface area contributed by atoms with Crippen LogP contribution in [0.5, 0.6) is 0 Å². The maximum Gasteiger partial charge on any atom is 0.472 e. The molecular weight excluding hydrogens is 753 g/mol. The number of unbranched alkanes of at least 4 members (excludes halogenated alkanes) is 13. The molecule has 0 aromatic rings. The van der Waals surface area contributed by atoms with Gasteiger partial charge in [-0.05, 0) is 83.5 Å². The van der Waals surface area contributed by atoms with Crippen molar-refractivity contribution in [3.8, 4) is 0 Å². The number of carbonyl (C=O) groups is 2. The molecule has 0 saturated carbocycles. The summed E-state index contributed by atoms with van der Waals surface area (Å²) >= 11 is 0. The summed E-state index contributed by atoms with van der Waals surface area (Å²) in [6, 6.07) is 0. The fourth-order valence-electron chi connectivity index (χ4n) is 5.79. The van der Waals surface area contributed by atoms with Gasteiger partial charge in [0.15, 0.2) is 6.10 Å². The van der Waals surface area contributed by atoms with Gasteiger partial charge in [-0.2, -0.15) is 0 Å². The highest BCUT2D eigenvalue weighted by Crippen LogP contribution is 2.43. The minimum absolute atomic E-state index is 0.0363. The number of aliphatic hydroxyl groups excluding tert-OH is 1. The number of hydrogen-bond donors (Lipinski definition) is 3. The van der Waals surface area contributed by atoms with E-state index in [0.717, 1.165) is 64.2 Å². The van der Waals surface area contributed by atoms with Crippen LogP contribution in [0.2, 0.25) is 0 Å². The number of rotatable bonds is 41. The van der Waals surface area contributed by atoms with E-state index in [1.807, 2.05) is 12.2 Å². The molecule has 0 bridgehead atoms. The molecule has 0 rings (SSSR count). The van der Waals surface area contributed by atoms with Crippen LogP contribution in [-0.2, 0) is 32.7 Å². The van der Waals surface area contributed by atoms with Gasteiger partial charge < -0.3 is 25.2 Å². The number of esters is 2. The summed E-state index contributed by atoms with van der Waals surface area (Å²) in [5.41, 5.74) is 5.34. The molecule has 0 aromatic carbocycles. The molecule has 11 heteroatoms. The molecular formula is C47H82NO9P. The fraction of sp³-hybridized carbons (Fsp3) is 0.702. The van der Waals surface area contributed by atoms with E-state index in [1.54, 1.807) is 0 Å². The smallest absolute Gasteiger partial charge is 0.462 e. The first-order chi connectivity index (χ1) is 28.2. The summed E-state index contributed by atoms with van der Waals surface area (Å²) in [6.45, 7) is 3.42. The van der Waals surface area contributed by atoms with Crippen molar-refractivity contribution >= 4 is 19.8 Å². The Morgan fingerprint density at radius 3 is 1.62 bits per heavy atom. The second kappa shape index (κ2) is 42.5. The van der Waals surface area contributed by atoms with E-state index in [2.05, 4.69) is 74.6 Å². The fourth-order valence-corrected chi connectivity index (χ4v) is 6.55. The Morgan fingerprint density at radius 2 is 1.07 bits per heavy atom. The lowest BCUT2D eigenvalue weighted by atomic mass is 10.1. The third-order valence-electron chi connectivity index (χ3n) is 9.12. The number of hydrogen-bond acceptors (Lipinski definition) is 9. The number of nitrogens with two attached hydrogens (primary N) is 1. The average molecular weight is 836 g/mol. The maximum absolute atomic E-state index is 12.6. The average Bonchev–Trinajstić information content (AvgIpc) is 3.20. The van der Waals surface area contributed by atoms with E-state index in [4.69, 9.17) is 24.3 Å². The third kappa shape index (κ3) is 41.6. The lowest BCUT2D eigenvalue weighted by Crippen LogP contribution is -2.29. The third-order valence-corrected chi connectivity index (χ3v) is 10.1. The van der Waals surface area contributed by atoms with Crippen molar-refractivity contribution in [3.63, 3.8) is 0 Å². The molecule has 0 heterocycles. The molecule has 0 radical (unpaired) electrons. The van der Waals surface area contributed by atoms with Crippen molar-refractivity contribution in [2.75, 3.05) is 26.4 Å². The zero-order valence-corrected chi connectivity index (χ0v) is 37.3. The number of phosphoric acid groups is 1. The standard InChI is InChI=1S/C47H82NO9P/c1-3-5-6-7-8-9-10-11-12-13-14-15-16-19-23-26-29-32-35-39-47(51)57-45(43-56-58(52,53)55-41-40-48)42-54-46(50)38-34-31-28-25-22-20-17-18-21-24-27-30-33-37-44(49)36-4-2/h8-9,11-12,17,20-21,24-25,28,30,33,44-45,49H,3-7,10,13-16,18-19,22-23,26-27,29,31-32,34-43,48H2,1-2H3,(H,52,53)/b9-8-,12-11-,20-17-,24-21-,28-25-,33-30-/t44?,45-/m1/s1. The van der Waals surface area contributed by atoms with Gasteiger partial charge in [0.1, 0.15) is 6.61 Å². The minimum Gasteiger partial charge on any atom is -0.462 e. The van der Waals surface area contributed by atoms with E-state index in [0.29, 0.717) is 25.7 Å². The van der Waals surface area contributed by atoms with Crippen LogP contribution in [0.3, 0.4) is 0 Å². The van der Waals surface area contributed by atoms with Gasteiger partial charge in [-0.1, -0.05) is 151 Å². The Morgan fingerprint density at radius 1 is 0.586 bits per heavy atom. The van der Waals surface area contributed by atoms with Gasteiger partial charge in [0, 0.05) is 19.4 Å². The molecule has 0 aliphatic rings. The van der Waals surface area contributed by atoms with Gasteiger partial charge in [0.25, 0.3) is 0 Å². The van der Waals surface area contributed by atoms with Crippen molar-refractivity contribution in [1.29, 1.82) is 0 Å². The zero-order valence-electron chi connectivity index (χ0n) is 36.4. The van der Waals surface area contributed by atoms with Crippen molar-refractivity contribution < 1.29 is 42.7 Å². The molecule has 334 valence electrons. The first kappa shape index (κ1) is 55.4. The highest BCUT2D eigenvalue weighted by molar-refractivity contribution is 7.47. The number of allylic oxidation sites excluding steroid dienone is 11. The van der Waals surface area contributed by atoms with Crippen molar-refractivity contribution in [3.05, 3.63) is 72.9 Å². The second-order valence-electron chi connectivity index (χ2n) is 14.7. The quantitative estimate of drug-likeness (QED) is 0.0235. The molecule has 0 amide bonds. The summed E-state index contributed by atoms with van der Waals surface area (Å²) in [7, 11) is -4.40. The largest absolute Gasteiger partial charge is 0.472 e. The van der Waals surface area contributed by atoms with Crippen LogP contribution in [0.4, 0.5) is 0 Å². The molecule has 0 fully saturated rings. The van der Waals surface area contributed by atoms with Crippen molar-refractivity contribution in [1.82, 2.24) is 0 Å². The van der Waals surface area contributed by atoms with Crippen molar-refractivity contribution in [2.24, 2.45) is 5.73 Å². The molecule has 58 heavy (non-hydrogen) atoms. The molecule has 0 saturated heterocycles. The zero-order chi connectivity index (χ0) is 42.6. The van der Waals surface area contributed by atoms with Crippen LogP contribution >= 0.6 is 7.82 Å². The maximum atomic E-state index is 12.6. The SMILES string of the molecule is CCCCC/C=C\C/C=C\CCCCCCCCCCCC(=O)O[C@H](COC(=O)CCC/C=C\C/C=C\C/C=C\C/C=C\CC(O)CCC)COP(=O)(O)OCCN. The molecule has 0 aromatic heterocycles. The van der Waals surface area contributed by atoms with Crippen LogP contribution in [0.1, 0.15) is 174 Å². The summed E-state index contributed by atoms with van der Waals surface area (Å²) in [4.78, 5) is 34.9. The van der Waals surface area contributed by atoms with E-state index in [9.17, 15) is 24.2 Å². The Hall–Kier alpha value is -2.59. The Labute approximate surface area is 353 Å². The number of carbonyl (C=O) groups excluding carboxylic acids is 2. The van der Waals surface area contributed by atoms with Crippen LogP contribution in [-0.4, -0.2) is 60.5 Å². The van der Waals surface area contributed by atoms with Gasteiger partial charge in [-0.3, -0.25) is 18.6 Å². The Kier molecular flexibility index (Phi) is 40.6. The number of aliphatic hydroxyl groups is 1. The molecule has 4 N–H and O–H groups in total. The molecule has 0 aliphatic heterocycles. The van der Waals surface area contributed by atoms with E-state index < -0.39 is 32.5 Å². The van der Waals surface area contributed by atoms with E-state index in [1.165, 1.54) is 57.8 Å². The summed E-state index contributed by atoms with van der Waals surface area (Å²) in [5, 5.41) is 9.72. The molecule has 10 nitrogen and oxygen atoms in total. The van der Waals surface area contributed by atoms with Gasteiger partial charge in [0.2, 0.25) is 0 Å². The normalized spacial score (nSPS) is 14.5. The van der Waals surface area contributed by atoms with Gasteiger partial charge in [-0.15, -0.1) is 0 Å². The van der Waals surface area contributed by atoms with Crippen LogP contribution in [0.25, 0.3) is 0 Å². The van der Waals surface area contributed by atoms with Crippen LogP contribution < -0.4 is 5.73 Å².